The molecule has 0 radical (unpaired) electrons. The smallest absolute Gasteiger partial charge is 0.0281 e. The van der Waals surface area contributed by atoms with E-state index in [-0.39, 0.29) is 0 Å². The number of thioether (sulfide) groups is 1. The van der Waals surface area contributed by atoms with Crippen LogP contribution in [-0.4, -0.2) is 22.1 Å². The Hall–Kier alpha value is -0.410. The molecule has 3 heteroatoms. The SMILES string of the molecule is CSC1(CNCc2cc(C)n(C)c2C)CCC1. The molecule has 0 spiro atoms. The average molecular weight is 252 g/mol. The predicted molar refractivity (Wildman–Crippen MR) is 76.7 cm³/mol. The maximum Gasteiger partial charge on any atom is 0.0281 e. The lowest BCUT2D eigenvalue weighted by Crippen LogP contribution is -2.43. The van der Waals surface area contributed by atoms with Crippen molar-refractivity contribution in [1.29, 1.82) is 0 Å². The zero-order chi connectivity index (χ0) is 12.5. The van der Waals surface area contributed by atoms with E-state index in [1.807, 2.05) is 11.8 Å². The summed E-state index contributed by atoms with van der Waals surface area (Å²) in [4.78, 5) is 0. The molecule has 1 aromatic rings. The van der Waals surface area contributed by atoms with Crippen molar-refractivity contribution in [3.8, 4) is 0 Å². The number of hydrogen-bond donors (Lipinski definition) is 1. The van der Waals surface area contributed by atoms with Crippen molar-refractivity contribution in [2.45, 2.75) is 44.4 Å². The molecule has 1 N–H and O–H groups in total. The fourth-order valence-corrected chi connectivity index (χ4v) is 3.50. The predicted octanol–water partition coefficient (Wildman–Crippen LogP) is 3.02. The molecule has 1 fully saturated rings. The van der Waals surface area contributed by atoms with Crippen LogP contribution in [-0.2, 0) is 13.6 Å². The van der Waals surface area contributed by atoms with Crippen LogP contribution >= 0.6 is 11.8 Å². The molecule has 1 aromatic heterocycles. The van der Waals surface area contributed by atoms with Crippen LogP contribution < -0.4 is 5.32 Å². The number of nitrogens with zero attached hydrogens (tertiary/aromatic N) is 1. The lowest BCUT2D eigenvalue weighted by molar-refractivity contribution is 0.345. The molecule has 0 amide bonds. The Morgan fingerprint density at radius 3 is 2.53 bits per heavy atom. The molecule has 0 atom stereocenters. The second-order valence-electron chi connectivity index (χ2n) is 5.30. The van der Waals surface area contributed by atoms with E-state index in [9.17, 15) is 0 Å². The van der Waals surface area contributed by atoms with Gasteiger partial charge in [-0.1, -0.05) is 6.42 Å². The van der Waals surface area contributed by atoms with E-state index < -0.39 is 0 Å². The Labute approximate surface area is 109 Å². The van der Waals surface area contributed by atoms with Gasteiger partial charge in [-0.3, -0.25) is 0 Å². The fourth-order valence-electron chi connectivity index (χ4n) is 2.56. The lowest BCUT2D eigenvalue weighted by atomic mass is 9.84. The van der Waals surface area contributed by atoms with Crippen LogP contribution in [0.15, 0.2) is 6.07 Å². The molecule has 0 bridgehead atoms. The van der Waals surface area contributed by atoms with Crippen molar-refractivity contribution in [1.82, 2.24) is 9.88 Å². The van der Waals surface area contributed by atoms with Crippen molar-refractivity contribution in [2.24, 2.45) is 7.05 Å². The molecule has 0 aromatic carbocycles. The highest BCUT2D eigenvalue weighted by atomic mass is 32.2. The number of rotatable bonds is 5. The Morgan fingerprint density at radius 1 is 1.41 bits per heavy atom. The van der Waals surface area contributed by atoms with Crippen molar-refractivity contribution >= 4 is 11.8 Å². The normalized spacial score (nSPS) is 18.1. The van der Waals surface area contributed by atoms with Crippen molar-refractivity contribution in [3.05, 3.63) is 23.0 Å². The Balaban J connectivity index is 1.88. The van der Waals surface area contributed by atoms with Gasteiger partial charge in [-0.15, -0.1) is 0 Å². The molecule has 17 heavy (non-hydrogen) atoms. The highest BCUT2D eigenvalue weighted by Crippen LogP contribution is 2.42. The first-order chi connectivity index (χ1) is 8.08. The molecule has 1 aliphatic carbocycles. The number of hydrogen-bond acceptors (Lipinski definition) is 2. The van der Waals surface area contributed by atoms with Crippen molar-refractivity contribution < 1.29 is 0 Å². The van der Waals surface area contributed by atoms with Crippen LogP contribution in [0.25, 0.3) is 0 Å². The molecule has 0 saturated heterocycles. The van der Waals surface area contributed by atoms with Crippen LogP contribution in [0, 0.1) is 13.8 Å². The maximum absolute atomic E-state index is 3.64. The molecule has 2 rings (SSSR count). The summed E-state index contributed by atoms with van der Waals surface area (Å²) >= 11 is 2.04. The van der Waals surface area contributed by atoms with Crippen LogP contribution in [0.2, 0.25) is 0 Å². The van der Waals surface area contributed by atoms with Crippen LogP contribution in [0.4, 0.5) is 0 Å². The van der Waals surface area contributed by atoms with Gasteiger partial charge in [0.15, 0.2) is 0 Å². The second-order valence-corrected chi connectivity index (χ2v) is 6.57. The van der Waals surface area contributed by atoms with E-state index in [1.54, 1.807) is 0 Å². The minimum atomic E-state index is 0.539. The topological polar surface area (TPSA) is 17.0 Å². The van der Waals surface area contributed by atoms with Gasteiger partial charge in [-0.25, -0.2) is 0 Å². The monoisotopic (exact) mass is 252 g/mol. The van der Waals surface area contributed by atoms with Gasteiger partial charge < -0.3 is 9.88 Å². The molecule has 1 heterocycles. The van der Waals surface area contributed by atoms with Gasteiger partial charge in [0.25, 0.3) is 0 Å². The fraction of sp³-hybridized carbons (Fsp3) is 0.714. The van der Waals surface area contributed by atoms with E-state index in [0.29, 0.717) is 4.75 Å². The summed E-state index contributed by atoms with van der Waals surface area (Å²) in [6.45, 7) is 6.54. The molecule has 2 nitrogen and oxygen atoms in total. The van der Waals surface area contributed by atoms with Gasteiger partial charge in [0.05, 0.1) is 0 Å². The van der Waals surface area contributed by atoms with Gasteiger partial charge in [0.2, 0.25) is 0 Å². The molecule has 0 unspecified atom stereocenters. The summed E-state index contributed by atoms with van der Waals surface area (Å²) in [6.07, 6.45) is 6.42. The van der Waals surface area contributed by atoms with Crippen molar-refractivity contribution in [3.63, 3.8) is 0 Å². The molecular weight excluding hydrogens is 228 g/mol. The standard InChI is InChI=1S/C14H24N2S/c1-11-8-13(12(2)16(11)3)9-15-10-14(17-4)6-5-7-14/h8,15H,5-7,9-10H2,1-4H3. The minimum Gasteiger partial charge on any atom is -0.352 e. The third-order valence-corrected chi connectivity index (χ3v) is 5.76. The molecule has 1 aliphatic rings. The third-order valence-electron chi connectivity index (χ3n) is 4.34. The Bertz CT molecular complexity index is 386. The molecule has 1 saturated carbocycles. The van der Waals surface area contributed by atoms with E-state index >= 15 is 0 Å². The van der Waals surface area contributed by atoms with Crippen molar-refractivity contribution in [2.75, 3.05) is 12.8 Å². The van der Waals surface area contributed by atoms with Gasteiger partial charge >= 0.3 is 0 Å². The van der Waals surface area contributed by atoms with Gasteiger partial charge in [0, 0.05) is 36.3 Å². The zero-order valence-electron chi connectivity index (χ0n) is 11.5. The van der Waals surface area contributed by atoms with Crippen LogP contribution in [0.1, 0.15) is 36.2 Å². The lowest BCUT2D eigenvalue weighted by Gasteiger charge is -2.40. The largest absolute Gasteiger partial charge is 0.352 e. The zero-order valence-corrected chi connectivity index (χ0v) is 12.3. The summed E-state index contributed by atoms with van der Waals surface area (Å²) in [5.74, 6) is 0. The Morgan fingerprint density at radius 2 is 2.12 bits per heavy atom. The van der Waals surface area contributed by atoms with E-state index in [0.717, 1.165) is 13.1 Å². The summed E-state index contributed by atoms with van der Waals surface area (Å²) in [5, 5.41) is 3.64. The minimum absolute atomic E-state index is 0.539. The van der Waals surface area contributed by atoms with E-state index in [1.165, 1.54) is 36.2 Å². The highest BCUT2D eigenvalue weighted by Gasteiger charge is 2.35. The first-order valence-electron chi connectivity index (χ1n) is 6.46. The first kappa shape index (κ1) is 13.0. The first-order valence-corrected chi connectivity index (χ1v) is 7.68. The van der Waals surface area contributed by atoms with Crippen LogP contribution in [0.3, 0.4) is 0 Å². The number of aryl methyl sites for hydroxylation is 1. The summed E-state index contributed by atoms with van der Waals surface area (Å²) in [5.41, 5.74) is 4.19. The van der Waals surface area contributed by atoms with Gasteiger partial charge in [-0.05, 0) is 44.6 Å². The van der Waals surface area contributed by atoms with Gasteiger partial charge in [-0.2, -0.15) is 11.8 Å². The third kappa shape index (κ3) is 2.55. The summed E-state index contributed by atoms with van der Waals surface area (Å²) in [7, 11) is 2.14. The second kappa shape index (κ2) is 5.07. The molecule has 0 aliphatic heterocycles. The summed E-state index contributed by atoms with van der Waals surface area (Å²) < 4.78 is 2.81. The Kier molecular flexibility index (Phi) is 3.88. The number of nitrogens with one attached hydrogen (secondary N) is 1. The highest BCUT2D eigenvalue weighted by molar-refractivity contribution is 8.00. The average Bonchev–Trinajstić information content (AvgIpc) is 2.50. The van der Waals surface area contributed by atoms with Gasteiger partial charge in [0.1, 0.15) is 0 Å². The van der Waals surface area contributed by atoms with E-state index in [4.69, 9.17) is 0 Å². The quantitative estimate of drug-likeness (QED) is 0.867. The molecular formula is C14H24N2S. The van der Waals surface area contributed by atoms with Crippen LogP contribution in [0.5, 0.6) is 0 Å². The molecule has 96 valence electrons. The van der Waals surface area contributed by atoms with E-state index in [2.05, 4.69) is 43.1 Å². The summed E-state index contributed by atoms with van der Waals surface area (Å²) in [6, 6.07) is 2.30. The maximum atomic E-state index is 3.64. The number of aromatic nitrogens is 1.